The van der Waals surface area contributed by atoms with Crippen molar-refractivity contribution in [1.82, 2.24) is 19.8 Å². The molecule has 0 saturated carbocycles. The molecule has 0 radical (unpaired) electrons. The molecule has 2 N–H and O–H groups in total. The third-order valence-electron chi connectivity index (χ3n) is 5.67. The van der Waals surface area contributed by atoms with E-state index in [1.165, 1.54) is 14.2 Å². The van der Waals surface area contributed by atoms with Crippen LogP contribution < -0.4 is 14.8 Å². The van der Waals surface area contributed by atoms with Crippen LogP contribution in [0.1, 0.15) is 22.5 Å². The molecule has 0 spiro atoms. The minimum Gasteiger partial charge on any atom is -0.504 e. The van der Waals surface area contributed by atoms with Gasteiger partial charge < -0.3 is 19.1 Å². The minimum absolute atomic E-state index is 0.0432. The molecule has 1 saturated heterocycles. The molecular weight excluding hydrogens is 438 g/mol. The molecule has 2 heterocycles. The van der Waals surface area contributed by atoms with Crippen LogP contribution in [0.2, 0.25) is 0 Å². The second kappa shape index (κ2) is 9.26. The number of amidine groups is 1. The lowest BCUT2D eigenvalue weighted by Crippen LogP contribution is -2.25. The third kappa shape index (κ3) is 4.42. The Morgan fingerprint density at radius 3 is 2.29 bits per heavy atom. The topological polar surface area (TPSA) is 118 Å². The molecule has 1 aliphatic rings. The highest BCUT2D eigenvalue weighted by molar-refractivity contribution is 6.47. The number of phenolic OH excluding ortho intramolecular Hbond substituents is 1. The number of aromatic hydroxyl groups is 1. The quantitative estimate of drug-likeness (QED) is 0.520. The Morgan fingerprint density at radius 1 is 1.00 bits per heavy atom. The number of likely N-dealkylation sites (N-methyl/N-ethyl adjacent to an activating group) is 1. The highest BCUT2D eigenvalue weighted by atomic mass is 16.5. The second-order valence-electron chi connectivity index (χ2n) is 7.83. The smallest absolute Gasteiger partial charge is 0.329 e. The van der Waals surface area contributed by atoms with Gasteiger partial charge in [-0.25, -0.2) is 9.78 Å². The highest BCUT2D eigenvalue weighted by Gasteiger charge is 2.32. The maximum atomic E-state index is 12.3. The zero-order valence-electron chi connectivity index (χ0n) is 19.3. The number of carbonyl (C=O) groups excluding carboxylic acids is 2. The maximum absolute atomic E-state index is 12.3. The van der Waals surface area contributed by atoms with Gasteiger partial charge in [-0.1, -0.05) is 18.2 Å². The summed E-state index contributed by atoms with van der Waals surface area (Å²) < 4.78 is 12.2. The average Bonchev–Trinajstić information content (AvgIpc) is 3.24. The van der Waals surface area contributed by atoms with Gasteiger partial charge in [-0.3, -0.25) is 15.0 Å². The molecule has 1 aromatic heterocycles. The van der Waals surface area contributed by atoms with Crippen LogP contribution in [0.3, 0.4) is 0 Å². The van der Waals surface area contributed by atoms with Crippen molar-refractivity contribution in [1.29, 1.82) is 0 Å². The summed E-state index contributed by atoms with van der Waals surface area (Å²) in [5, 5.41) is 12.7. The number of amides is 3. The summed E-state index contributed by atoms with van der Waals surface area (Å²) in [6.07, 6.45) is 0.970. The Kier molecular flexibility index (Phi) is 6.22. The van der Waals surface area contributed by atoms with Crippen LogP contribution in [0.15, 0.2) is 47.5 Å². The molecule has 0 unspecified atom stereocenters. The molecule has 0 aliphatic carbocycles. The summed E-state index contributed by atoms with van der Waals surface area (Å²) in [5.74, 6) is 0.873. The summed E-state index contributed by atoms with van der Waals surface area (Å²) in [6, 6.07) is 12.3. The van der Waals surface area contributed by atoms with Crippen molar-refractivity contribution in [3.8, 4) is 17.2 Å². The lowest BCUT2D eigenvalue weighted by molar-refractivity contribution is -0.119. The normalized spacial score (nSPS) is 14.6. The molecule has 10 heteroatoms. The zero-order valence-corrected chi connectivity index (χ0v) is 19.3. The van der Waals surface area contributed by atoms with Crippen molar-refractivity contribution < 1.29 is 24.2 Å². The highest BCUT2D eigenvalue weighted by Crippen LogP contribution is 2.29. The van der Waals surface area contributed by atoms with Crippen molar-refractivity contribution in [3.63, 3.8) is 0 Å². The van der Waals surface area contributed by atoms with E-state index >= 15 is 0 Å². The molecule has 1 fully saturated rings. The van der Waals surface area contributed by atoms with Gasteiger partial charge in [-0.05, 0) is 35.4 Å². The number of rotatable bonds is 7. The van der Waals surface area contributed by atoms with Gasteiger partial charge in [0, 0.05) is 32.6 Å². The molecule has 10 nitrogen and oxygen atoms in total. The van der Waals surface area contributed by atoms with Gasteiger partial charge in [0.15, 0.2) is 11.5 Å². The third-order valence-corrected chi connectivity index (χ3v) is 5.67. The van der Waals surface area contributed by atoms with Gasteiger partial charge >= 0.3 is 6.03 Å². The Labute approximate surface area is 196 Å². The van der Waals surface area contributed by atoms with E-state index in [2.05, 4.69) is 15.3 Å². The number of benzene rings is 2. The van der Waals surface area contributed by atoms with Gasteiger partial charge in [-0.2, -0.15) is 4.99 Å². The van der Waals surface area contributed by atoms with Crippen LogP contribution in [0.25, 0.3) is 0 Å². The molecule has 34 heavy (non-hydrogen) atoms. The van der Waals surface area contributed by atoms with Gasteiger partial charge in [0.2, 0.25) is 11.8 Å². The number of ether oxygens (including phenoxy) is 2. The summed E-state index contributed by atoms with van der Waals surface area (Å²) in [6.45, 7) is 0. The fraction of sp³-hybridized carbons (Fsp3) is 0.250. The number of carbonyl (C=O) groups is 2. The average molecular weight is 463 g/mol. The van der Waals surface area contributed by atoms with Crippen molar-refractivity contribution in [2.24, 2.45) is 12.0 Å². The number of imidazole rings is 1. The zero-order chi connectivity index (χ0) is 24.4. The van der Waals surface area contributed by atoms with E-state index in [0.29, 0.717) is 18.6 Å². The number of hydrogen-bond donors (Lipinski definition) is 2. The van der Waals surface area contributed by atoms with E-state index in [1.54, 1.807) is 30.9 Å². The number of nitrogens with zero attached hydrogens (tertiary/aromatic N) is 4. The summed E-state index contributed by atoms with van der Waals surface area (Å²) in [5.41, 5.74) is 3.47. The molecular formula is C24H25N5O5. The molecule has 1 aliphatic heterocycles. The molecule has 3 amide bonds. The fourth-order valence-corrected chi connectivity index (χ4v) is 3.68. The molecule has 176 valence electrons. The maximum Gasteiger partial charge on any atom is 0.329 e. The monoisotopic (exact) mass is 463 g/mol. The van der Waals surface area contributed by atoms with Crippen LogP contribution in [-0.2, 0) is 24.7 Å². The van der Waals surface area contributed by atoms with Gasteiger partial charge in [0.05, 0.1) is 19.9 Å². The van der Waals surface area contributed by atoms with Crippen LogP contribution in [0.5, 0.6) is 17.2 Å². The van der Waals surface area contributed by atoms with Crippen LogP contribution >= 0.6 is 0 Å². The van der Waals surface area contributed by atoms with Gasteiger partial charge in [0.1, 0.15) is 5.75 Å². The van der Waals surface area contributed by atoms with Gasteiger partial charge in [-0.15, -0.1) is 0 Å². The SMILES string of the molecule is COc1ccc(Cc2nc(N=C3NC(=O)N(C)C3=O)n(C)c2Cc2ccc(OC)c(O)c2)cc1. The predicted octanol–water partition coefficient (Wildman–Crippen LogP) is 2.54. The first-order valence-corrected chi connectivity index (χ1v) is 10.5. The summed E-state index contributed by atoms with van der Waals surface area (Å²) in [7, 11) is 6.29. The van der Waals surface area contributed by atoms with E-state index < -0.39 is 11.9 Å². The van der Waals surface area contributed by atoms with Gasteiger partial charge in [0.25, 0.3) is 5.91 Å². The summed E-state index contributed by atoms with van der Waals surface area (Å²) in [4.78, 5) is 34.1. The van der Waals surface area contributed by atoms with Crippen molar-refractivity contribution in [2.45, 2.75) is 12.8 Å². The molecule has 0 bridgehead atoms. The number of urea groups is 1. The molecule has 3 aromatic rings. The Bertz CT molecular complexity index is 1280. The number of imide groups is 1. The van der Waals surface area contributed by atoms with E-state index in [9.17, 15) is 14.7 Å². The predicted molar refractivity (Wildman–Crippen MR) is 125 cm³/mol. The van der Waals surface area contributed by atoms with E-state index in [1.807, 2.05) is 30.3 Å². The molecule has 0 atom stereocenters. The van der Waals surface area contributed by atoms with E-state index in [0.717, 1.165) is 33.2 Å². The fourth-order valence-electron chi connectivity index (χ4n) is 3.68. The minimum atomic E-state index is -0.537. The number of methoxy groups -OCH3 is 2. The molecule has 4 rings (SSSR count). The summed E-state index contributed by atoms with van der Waals surface area (Å²) >= 11 is 0. The first-order valence-electron chi connectivity index (χ1n) is 10.5. The number of nitrogens with one attached hydrogen (secondary N) is 1. The van der Waals surface area contributed by atoms with Crippen molar-refractivity contribution >= 4 is 23.7 Å². The number of aromatic nitrogens is 2. The van der Waals surface area contributed by atoms with Crippen LogP contribution in [0.4, 0.5) is 10.7 Å². The Hall–Kier alpha value is -4.34. The Morgan fingerprint density at radius 2 is 1.71 bits per heavy atom. The number of phenols is 1. The standard InChI is InChI=1S/C24H25N5O5/c1-28-18(12-15-7-10-20(34-4)19(30)13-15)17(11-14-5-8-16(33-3)9-6-14)25-23(28)26-21-22(31)29(2)24(32)27-21/h5-10,13,30H,11-12H2,1-4H3,(H,25,26,27,32). The largest absolute Gasteiger partial charge is 0.504 e. The molecule has 2 aromatic carbocycles. The van der Waals surface area contributed by atoms with Crippen LogP contribution in [-0.4, -0.2) is 58.6 Å². The van der Waals surface area contributed by atoms with Crippen molar-refractivity contribution in [3.05, 3.63) is 65.0 Å². The number of hydrogen-bond acceptors (Lipinski definition) is 7. The Balaban J connectivity index is 1.73. The van der Waals surface area contributed by atoms with Crippen LogP contribution in [0, 0.1) is 0 Å². The second-order valence-corrected chi connectivity index (χ2v) is 7.83. The first kappa shape index (κ1) is 22.8. The first-order chi connectivity index (χ1) is 16.3. The van der Waals surface area contributed by atoms with E-state index in [-0.39, 0.29) is 17.5 Å². The lowest BCUT2D eigenvalue weighted by atomic mass is 10.0. The lowest BCUT2D eigenvalue weighted by Gasteiger charge is -2.09. The number of aliphatic imine (C=N–C) groups is 1. The van der Waals surface area contributed by atoms with E-state index in [4.69, 9.17) is 9.47 Å². The van der Waals surface area contributed by atoms with Crippen molar-refractivity contribution in [2.75, 3.05) is 21.3 Å².